The monoisotopic (exact) mass is 231 g/mol. The van der Waals surface area contributed by atoms with E-state index in [0.717, 1.165) is 6.42 Å². The quantitative estimate of drug-likeness (QED) is 0.332. The fourth-order valence-electron chi connectivity index (χ4n) is 1.41. The third-order valence-corrected chi connectivity index (χ3v) is 2.13. The van der Waals surface area contributed by atoms with Crippen molar-refractivity contribution in [1.82, 2.24) is 4.90 Å². The number of morpholine rings is 1. The van der Waals surface area contributed by atoms with E-state index in [4.69, 9.17) is 9.47 Å². The van der Waals surface area contributed by atoms with Crippen LogP contribution in [0.5, 0.6) is 0 Å². The molecule has 0 spiro atoms. The van der Waals surface area contributed by atoms with E-state index >= 15 is 0 Å². The van der Waals surface area contributed by atoms with E-state index < -0.39 is 11.9 Å². The molecule has 1 heterocycles. The molecule has 0 atom stereocenters. The van der Waals surface area contributed by atoms with Gasteiger partial charge in [-0.15, -0.1) is 0 Å². The Balaban J connectivity index is 2.04. The van der Waals surface area contributed by atoms with Gasteiger partial charge in [-0.25, -0.2) is 0 Å². The molecule has 0 aromatic rings. The number of ether oxygens (including phenoxy) is 3. The second-order valence-electron chi connectivity index (χ2n) is 3.52. The summed E-state index contributed by atoms with van der Waals surface area (Å²) in [5.74, 6) is -0.951. The molecule has 0 bridgehead atoms. The lowest BCUT2D eigenvalue weighted by molar-refractivity contribution is -0.166. The molecule has 1 rings (SSSR count). The summed E-state index contributed by atoms with van der Waals surface area (Å²) in [5.41, 5.74) is 0. The zero-order valence-electron chi connectivity index (χ0n) is 9.44. The number of rotatable bonds is 7. The van der Waals surface area contributed by atoms with Crippen LogP contribution >= 0.6 is 0 Å². The summed E-state index contributed by atoms with van der Waals surface area (Å²) in [4.78, 5) is 23.6. The van der Waals surface area contributed by atoms with Gasteiger partial charge >= 0.3 is 11.9 Å². The van der Waals surface area contributed by atoms with Gasteiger partial charge in [0, 0.05) is 20.3 Å². The molecule has 1 fully saturated rings. The molecule has 0 aromatic carbocycles. The van der Waals surface area contributed by atoms with Crippen molar-refractivity contribution in [3.8, 4) is 0 Å². The van der Waals surface area contributed by atoms with E-state index in [1.807, 2.05) is 0 Å². The van der Waals surface area contributed by atoms with Gasteiger partial charge in [0.1, 0.15) is 0 Å². The van der Waals surface area contributed by atoms with Gasteiger partial charge < -0.3 is 14.2 Å². The van der Waals surface area contributed by atoms with Crippen molar-refractivity contribution < 1.29 is 23.8 Å². The van der Waals surface area contributed by atoms with Crippen molar-refractivity contribution in [2.24, 2.45) is 0 Å². The van der Waals surface area contributed by atoms with E-state index in [1.165, 1.54) is 0 Å². The Kier molecular flexibility index (Phi) is 5.99. The highest BCUT2D eigenvalue weighted by Gasteiger charge is 2.23. The molecule has 0 aliphatic carbocycles. The predicted molar refractivity (Wildman–Crippen MR) is 54.9 cm³/mol. The highest BCUT2D eigenvalue weighted by atomic mass is 16.6. The minimum atomic E-state index is -0.475. The molecule has 92 valence electrons. The van der Waals surface area contributed by atoms with Crippen LogP contribution in [-0.4, -0.2) is 63.4 Å². The molecular weight excluding hydrogens is 214 g/mol. The third kappa shape index (κ3) is 5.20. The van der Waals surface area contributed by atoms with E-state index in [1.54, 1.807) is 12.0 Å². The molecule has 6 heteroatoms. The summed E-state index contributed by atoms with van der Waals surface area (Å²) in [7, 11) is 1.62. The standard InChI is InChI=1S/C10H17NO5/c1-14-5-6-15-4-2-3-11-7-9(12)16-10(13)8-11/h2-8H2,1H3. The number of esters is 2. The number of carbonyl (C=O) groups excluding carboxylic acids is 2. The lowest BCUT2D eigenvalue weighted by atomic mass is 10.3. The van der Waals surface area contributed by atoms with Crippen molar-refractivity contribution in [2.45, 2.75) is 6.42 Å². The van der Waals surface area contributed by atoms with Crippen LogP contribution in [0.15, 0.2) is 0 Å². The van der Waals surface area contributed by atoms with Gasteiger partial charge in [-0.1, -0.05) is 0 Å². The van der Waals surface area contributed by atoms with Crippen LogP contribution in [0, 0.1) is 0 Å². The minimum Gasteiger partial charge on any atom is -0.391 e. The van der Waals surface area contributed by atoms with Gasteiger partial charge in [-0.05, 0) is 6.42 Å². The first kappa shape index (κ1) is 13.1. The number of cyclic esters (lactones) is 2. The zero-order chi connectivity index (χ0) is 11.8. The van der Waals surface area contributed by atoms with Gasteiger partial charge in [-0.3, -0.25) is 14.5 Å². The normalized spacial score (nSPS) is 17.6. The average molecular weight is 231 g/mol. The van der Waals surface area contributed by atoms with Crippen LogP contribution in [0.4, 0.5) is 0 Å². The van der Waals surface area contributed by atoms with Crippen molar-refractivity contribution in [1.29, 1.82) is 0 Å². The van der Waals surface area contributed by atoms with Gasteiger partial charge in [-0.2, -0.15) is 0 Å². The highest BCUT2D eigenvalue weighted by Crippen LogP contribution is 2.00. The van der Waals surface area contributed by atoms with Gasteiger partial charge in [0.05, 0.1) is 26.3 Å². The summed E-state index contributed by atoms with van der Waals surface area (Å²) in [6.45, 7) is 2.77. The SMILES string of the molecule is COCCOCCCN1CC(=O)OC(=O)C1. The maximum absolute atomic E-state index is 10.9. The number of nitrogens with zero attached hydrogens (tertiary/aromatic N) is 1. The van der Waals surface area contributed by atoms with E-state index in [9.17, 15) is 9.59 Å². The fourth-order valence-corrected chi connectivity index (χ4v) is 1.41. The third-order valence-electron chi connectivity index (χ3n) is 2.13. The lowest BCUT2D eigenvalue weighted by Crippen LogP contribution is -2.43. The lowest BCUT2D eigenvalue weighted by Gasteiger charge is -2.23. The molecule has 0 saturated carbocycles. The summed E-state index contributed by atoms with van der Waals surface area (Å²) < 4.78 is 14.5. The second-order valence-corrected chi connectivity index (χ2v) is 3.52. The topological polar surface area (TPSA) is 65.1 Å². The molecule has 1 aliphatic rings. The Hall–Kier alpha value is -0.980. The first-order valence-electron chi connectivity index (χ1n) is 5.25. The second kappa shape index (κ2) is 7.32. The Morgan fingerprint density at radius 2 is 1.88 bits per heavy atom. The first-order valence-corrected chi connectivity index (χ1v) is 5.25. The Morgan fingerprint density at radius 3 is 2.50 bits per heavy atom. The fraction of sp³-hybridized carbons (Fsp3) is 0.800. The molecule has 0 radical (unpaired) electrons. The maximum atomic E-state index is 10.9. The van der Waals surface area contributed by atoms with Crippen LogP contribution in [0.3, 0.4) is 0 Å². The van der Waals surface area contributed by atoms with Crippen LogP contribution in [0.25, 0.3) is 0 Å². The highest BCUT2D eigenvalue weighted by molar-refractivity contribution is 5.90. The van der Waals surface area contributed by atoms with Gasteiger partial charge in [0.2, 0.25) is 0 Å². The van der Waals surface area contributed by atoms with Crippen LogP contribution in [0.1, 0.15) is 6.42 Å². The molecular formula is C10H17NO5. The average Bonchev–Trinajstić information content (AvgIpc) is 2.22. The largest absolute Gasteiger partial charge is 0.391 e. The summed E-state index contributed by atoms with van der Waals surface area (Å²) >= 11 is 0. The van der Waals surface area contributed by atoms with Crippen molar-refractivity contribution >= 4 is 11.9 Å². The van der Waals surface area contributed by atoms with Crippen LogP contribution < -0.4 is 0 Å². The minimum absolute atomic E-state index is 0.184. The summed E-state index contributed by atoms with van der Waals surface area (Å²) in [6, 6.07) is 0. The Bertz CT molecular complexity index is 227. The van der Waals surface area contributed by atoms with Crippen LogP contribution in [0.2, 0.25) is 0 Å². The van der Waals surface area contributed by atoms with E-state index in [-0.39, 0.29) is 13.1 Å². The molecule has 0 N–H and O–H groups in total. The molecule has 1 saturated heterocycles. The molecule has 6 nitrogen and oxygen atoms in total. The Labute approximate surface area is 94.4 Å². The van der Waals surface area contributed by atoms with Gasteiger partial charge in [0.15, 0.2) is 0 Å². The summed E-state index contributed by atoms with van der Waals surface area (Å²) in [5, 5.41) is 0. The van der Waals surface area contributed by atoms with E-state index in [2.05, 4.69) is 4.74 Å². The molecule has 0 unspecified atom stereocenters. The van der Waals surface area contributed by atoms with E-state index in [0.29, 0.717) is 26.4 Å². The molecule has 0 amide bonds. The number of methoxy groups -OCH3 is 1. The number of hydrogen-bond acceptors (Lipinski definition) is 6. The molecule has 1 aliphatic heterocycles. The predicted octanol–water partition coefficient (Wildman–Crippen LogP) is -0.575. The molecule has 0 aromatic heterocycles. The van der Waals surface area contributed by atoms with Crippen molar-refractivity contribution in [2.75, 3.05) is 46.6 Å². The smallest absolute Gasteiger partial charge is 0.327 e. The van der Waals surface area contributed by atoms with Crippen molar-refractivity contribution in [3.05, 3.63) is 0 Å². The number of hydrogen-bond donors (Lipinski definition) is 0. The Morgan fingerprint density at radius 1 is 1.19 bits per heavy atom. The maximum Gasteiger partial charge on any atom is 0.327 e. The first-order chi connectivity index (χ1) is 7.72. The number of carbonyl (C=O) groups is 2. The van der Waals surface area contributed by atoms with Crippen LogP contribution in [-0.2, 0) is 23.8 Å². The zero-order valence-corrected chi connectivity index (χ0v) is 9.44. The summed E-state index contributed by atoms with van der Waals surface area (Å²) in [6.07, 6.45) is 0.782. The van der Waals surface area contributed by atoms with Crippen molar-refractivity contribution in [3.63, 3.8) is 0 Å². The molecule has 16 heavy (non-hydrogen) atoms. The van der Waals surface area contributed by atoms with Gasteiger partial charge in [0.25, 0.3) is 0 Å².